The minimum atomic E-state index is -3.50. The van der Waals surface area contributed by atoms with Crippen LogP contribution in [0.5, 0.6) is 0 Å². The summed E-state index contributed by atoms with van der Waals surface area (Å²) in [5.74, 6) is -0.370. The number of carbonyl (C=O) groups is 1. The lowest BCUT2D eigenvalue weighted by atomic mass is 10.1. The van der Waals surface area contributed by atoms with Crippen LogP contribution in [0, 0.1) is 0 Å². The van der Waals surface area contributed by atoms with Gasteiger partial charge in [0.2, 0.25) is 0 Å². The van der Waals surface area contributed by atoms with Gasteiger partial charge in [-0.15, -0.1) is 11.3 Å². The van der Waals surface area contributed by atoms with Crippen LogP contribution in [-0.4, -0.2) is 25.9 Å². The Kier molecular flexibility index (Phi) is 5.18. The van der Waals surface area contributed by atoms with E-state index < -0.39 is 9.84 Å². The van der Waals surface area contributed by atoms with Crippen LogP contribution >= 0.6 is 34.5 Å². The molecule has 1 aliphatic heterocycles. The van der Waals surface area contributed by atoms with Gasteiger partial charge in [0.15, 0.2) is 9.84 Å². The first-order valence-electron chi connectivity index (χ1n) is 8.36. The second-order valence-electron chi connectivity index (χ2n) is 6.31. The molecule has 28 heavy (non-hydrogen) atoms. The van der Waals surface area contributed by atoms with Gasteiger partial charge in [-0.2, -0.15) is 0 Å². The predicted octanol–water partition coefficient (Wildman–Crippen LogP) is 4.63. The second kappa shape index (κ2) is 7.48. The van der Waals surface area contributed by atoms with E-state index >= 15 is 0 Å². The number of aromatic nitrogens is 1. The van der Waals surface area contributed by atoms with Crippen molar-refractivity contribution in [1.82, 2.24) is 4.98 Å². The largest absolute Gasteiger partial charge is 0.308 e. The summed E-state index contributed by atoms with van der Waals surface area (Å²) in [4.78, 5) is 18.8. The lowest BCUT2D eigenvalue weighted by Gasteiger charge is -2.18. The molecule has 5 nitrogen and oxygen atoms in total. The zero-order valence-corrected chi connectivity index (χ0v) is 17.6. The summed E-state index contributed by atoms with van der Waals surface area (Å²) >= 11 is 13.4. The SMILES string of the molecule is O=C(c1ccc(Cl)cc1Cl)N1CCc2cc(S(=O)(=O)Cc3nccs3)ccc21. The molecule has 0 spiro atoms. The predicted molar refractivity (Wildman–Crippen MR) is 111 cm³/mol. The van der Waals surface area contributed by atoms with Gasteiger partial charge in [-0.3, -0.25) is 4.79 Å². The molecule has 2 aromatic carbocycles. The third-order valence-electron chi connectivity index (χ3n) is 4.51. The monoisotopic (exact) mass is 452 g/mol. The van der Waals surface area contributed by atoms with Crippen LogP contribution in [0.3, 0.4) is 0 Å². The summed E-state index contributed by atoms with van der Waals surface area (Å²) in [6.45, 7) is 0.461. The van der Waals surface area contributed by atoms with Gasteiger partial charge in [0.05, 0.1) is 15.5 Å². The Bertz CT molecular complexity index is 1160. The van der Waals surface area contributed by atoms with E-state index in [1.807, 2.05) is 0 Å². The van der Waals surface area contributed by atoms with Crippen LogP contribution in [0.25, 0.3) is 0 Å². The summed E-state index contributed by atoms with van der Waals surface area (Å²) in [5.41, 5.74) is 1.88. The number of hydrogen-bond acceptors (Lipinski definition) is 5. The van der Waals surface area contributed by atoms with Gasteiger partial charge in [-0.25, -0.2) is 13.4 Å². The molecule has 0 bridgehead atoms. The summed E-state index contributed by atoms with van der Waals surface area (Å²) in [5, 5.41) is 3.04. The molecule has 0 unspecified atom stereocenters. The van der Waals surface area contributed by atoms with Crippen molar-refractivity contribution in [1.29, 1.82) is 0 Å². The van der Waals surface area contributed by atoms with Crippen molar-refractivity contribution in [3.63, 3.8) is 0 Å². The molecular formula is C19H14Cl2N2O3S2. The number of hydrogen-bond donors (Lipinski definition) is 0. The fourth-order valence-electron chi connectivity index (χ4n) is 3.16. The standard InChI is InChI=1S/C19H14Cl2N2O3S2/c20-13-1-3-15(16(21)10-13)19(24)23-7-5-12-9-14(2-4-17(12)23)28(25,26)11-18-22-6-8-27-18/h1-4,6,8-10H,5,7,11H2. The second-order valence-corrected chi connectivity index (χ2v) is 10.1. The molecular weight excluding hydrogens is 439 g/mol. The average Bonchev–Trinajstić information content (AvgIpc) is 3.29. The Labute approximate surface area is 176 Å². The number of nitrogens with zero attached hydrogens (tertiary/aromatic N) is 2. The van der Waals surface area contributed by atoms with Crippen molar-refractivity contribution in [2.45, 2.75) is 17.1 Å². The Morgan fingerprint density at radius 3 is 2.71 bits per heavy atom. The van der Waals surface area contributed by atoms with Crippen LogP contribution in [-0.2, 0) is 22.0 Å². The van der Waals surface area contributed by atoms with Crippen LogP contribution in [0.2, 0.25) is 10.0 Å². The Hall–Kier alpha value is -1.93. The van der Waals surface area contributed by atoms with Gasteiger partial charge in [0, 0.05) is 28.8 Å². The summed E-state index contributed by atoms with van der Waals surface area (Å²) in [6.07, 6.45) is 2.16. The van der Waals surface area contributed by atoms with Gasteiger partial charge in [-0.1, -0.05) is 23.2 Å². The maximum atomic E-state index is 12.9. The molecule has 2 heterocycles. The quantitative estimate of drug-likeness (QED) is 0.578. The van der Waals surface area contributed by atoms with E-state index in [1.165, 1.54) is 23.5 Å². The van der Waals surface area contributed by atoms with Crippen molar-refractivity contribution >= 4 is 56.0 Å². The Balaban J connectivity index is 1.62. The van der Waals surface area contributed by atoms with Gasteiger partial charge >= 0.3 is 0 Å². The van der Waals surface area contributed by atoms with Crippen molar-refractivity contribution in [2.75, 3.05) is 11.4 Å². The first-order valence-corrected chi connectivity index (χ1v) is 11.6. The fraction of sp³-hybridized carbons (Fsp3) is 0.158. The fourth-order valence-corrected chi connectivity index (χ4v) is 5.95. The van der Waals surface area contributed by atoms with E-state index in [1.54, 1.807) is 40.7 Å². The van der Waals surface area contributed by atoms with Crippen LogP contribution in [0.4, 0.5) is 5.69 Å². The lowest BCUT2D eigenvalue weighted by Crippen LogP contribution is -2.29. The van der Waals surface area contributed by atoms with Crippen molar-refractivity contribution in [2.24, 2.45) is 0 Å². The highest BCUT2D eigenvalue weighted by Gasteiger charge is 2.28. The summed E-state index contributed by atoms with van der Waals surface area (Å²) in [7, 11) is -3.50. The maximum absolute atomic E-state index is 12.9. The minimum absolute atomic E-state index is 0.132. The van der Waals surface area contributed by atoms with E-state index in [0.717, 1.165) is 5.56 Å². The zero-order chi connectivity index (χ0) is 19.9. The molecule has 0 N–H and O–H groups in total. The minimum Gasteiger partial charge on any atom is -0.308 e. The van der Waals surface area contributed by atoms with Crippen molar-refractivity contribution in [3.8, 4) is 0 Å². The molecule has 1 amide bonds. The van der Waals surface area contributed by atoms with E-state index in [-0.39, 0.29) is 21.6 Å². The molecule has 4 rings (SSSR count). The van der Waals surface area contributed by atoms with Gasteiger partial charge in [0.1, 0.15) is 10.8 Å². The highest BCUT2D eigenvalue weighted by Crippen LogP contribution is 2.33. The van der Waals surface area contributed by atoms with Gasteiger partial charge in [0.25, 0.3) is 5.91 Å². The normalized spacial score (nSPS) is 13.6. The lowest BCUT2D eigenvalue weighted by molar-refractivity contribution is 0.0989. The molecule has 9 heteroatoms. The molecule has 1 aliphatic rings. The molecule has 0 fully saturated rings. The maximum Gasteiger partial charge on any atom is 0.259 e. The number of carbonyl (C=O) groups excluding carboxylic acids is 1. The van der Waals surface area contributed by atoms with Crippen molar-refractivity contribution < 1.29 is 13.2 Å². The van der Waals surface area contributed by atoms with Crippen molar-refractivity contribution in [3.05, 3.63) is 74.2 Å². The number of amides is 1. The number of rotatable bonds is 4. The molecule has 0 saturated carbocycles. The molecule has 0 aliphatic carbocycles. The molecule has 0 saturated heterocycles. The molecule has 144 valence electrons. The zero-order valence-electron chi connectivity index (χ0n) is 14.4. The van der Waals surface area contributed by atoms with Crippen LogP contribution < -0.4 is 4.90 Å². The van der Waals surface area contributed by atoms with E-state index in [2.05, 4.69) is 4.98 Å². The number of thiazole rings is 1. The third-order valence-corrected chi connectivity index (χ3v) is 7.65. The first kappa shape index (κ1) is 19.4. The van der Waals surface area contributed by atoms with Crippen LogP contribution in [0.15, 0.2) is 52.9 Å². The molecule has 3 aromatic rings. The summed E-state index contributed by atoms with van der Waals surface area (Å²) in [6, 6.07) is 9.61. The van der Waals surface area contributed by atoms with E-state index in [9.17, 15) is 13.2 Å². The number of fused-ring (bicyclic) bond motifs is 1. The van der Waals surface area contributed by atoms with Crippen LogP contribution in [0.1, 0.15) is 20.9 Å². The Morgan fingerprint density at radius 1 is 1.18 bits per heavy atom. The molecule has 0 radical (unpaired) electrons. The highest BCUT2D eigenvalue weighted by molar-refractivity contribution is 7.90. The average molecular weight is 453 g/mol. The van der Waals surface area contributed by atoms with E-state index in [0.29, 0.717) is 34.2 Å². The molecule has 0 atom stereocenters. The third kappa shape index (κ3) is 3.67. The first-order chi connectivity index (χ1) is 13.3. The smallest absolute Gasteiger partial charge is 0.259 e. The number of anilines is 1. The topological polar surface area (TPSA) is 67.3 Å². The number of halogens is 2. The summed E-state index contributed by atoms with van der Waals surface area (Å²) < 4.78 is 25.3. The number of sulfone groups is 1. The molecule has 1 aromatic heterocycles. The van der Waals surface area contributed by atoms with Gasteiger partial charge < -0.3 is 4.90 Å². The number of benzene rings is 2. The Morgan fingerprint density at radius 2 is 2.00 bits per heavy atom. The van der Waals surface area contributed by atoms with Gasteiger partial charge in [-0.05, 0) is 48.4 Å². The van der Waals surface area contributed by atoms with E-state index in [4.69, 9.17) is 23.2 Å². The highest BCUT2D eigenvalue weighted by atomic mass is 35.5.